The van der Waals surface area contributed by atoms with Gasteiger partial charge in [-0.25, -0.2) is 0 Å². The number of fused-ring (bicyclic) bond motifs is 1. The van der Waals surface area contributed by atoms with E-state index < -0.39 is 0 Å². The average Bonchev–Trinajstić information content (AvgIpc) is 2.53. The van der Waals surface area contributed by atoms with Gasteiger partial charge in [-0.3, -0.25) is 0 Å². The Morgan fingerprint density at radius 3 is 2.81 bits per heavy atom. The first kappa shape index (κ1) is 16.3. The van der Waals surface area contributed by atoms with Crippen molar-refractivity contribution in [3.8, 4) is 5.75 Å². The summed E-state index contributed by atoms with van der Waals surface area (Å²) in [6.45, 7) is 4.26. The van der Waals surface area contributed by atoms with Gasteiger partial charge in [0.05, 0.1) is 32.5 Å². The van der Waals surface area contributed by atoms with Crippen LogP contribution in [0.3, 0.4) is 0 Å². The molecule has 1 N–H and O–H groups in total. The lowest BCUT2D eigenvalue weighted by atomic mass is 9.85. The molecule has 4 heteroatoms. The van der Waals surface area contributed by atoms with Gasteiger partial charge in [-0.05, 0) is 49.6 Å². The largest absolute Gasteiger partial charge is 0.497 e. The van der Waals surface area contributed by atoms with Crippen molar-refractivity contribution in [3.05, 3.63) is 29.3 Å². The van der Waals surface area contributed by atoms with Gasteiger partial charge in [0.1, 0.15) is 5.75 Å². The maximum absolute atomic E-state index is 6.03. The van der Waals surface area contributed by atoms with Crippen molar-refractivity contribution in [2.75, 3.05) is 34.0 Å². The highest BCUT2D eigenvalue weighted by Gasteiger charge is 2.29. The number of aryl methyl sites for hydroxylation is 1. The lowest BCUT2D eigenvalue weighted by Gasteiger charge is -2.33. The third-order valence-corrected chi connectivity index (χ3v) is 3.97. The summed E-state index contributed by atoms with van der Waals surface area (Å²) in [7, 11) is 3.70. The number of hydrogen-bond acceptors (Lipinski definition) is 4. The van der Waals surface area contributed by atoms with Crippen LogP contribution in [0.5, 0.6) is 5.75 Å². The Balaban J connectivity index is 1.95. The molecule has 4 nitrogen and oxygen atoms in total. The molecule has 1 aliphatic carbocycles. The molecule has 1 aromatic rings. The summed E-state index contributed by atoms with van der Waals surface area (Å²) in [4.78, 5) is 0. The zero-order chi connectivity index (χ0) is 15.1. The van der Waals surface area contributed by atoms with Gasteiger partial charge in [0, 0.05) is 6.61 Å². The summed E-state index contributed by atoms with van der Waals surface area (Å²) < 4.78 is 16.8. The van der Waals surface area contributed by atoms with Crippen molar-refractivity contribution < 1.29 is 14.2 Å². The van der Waals surface area contributed by atoms with Crippen LogP contribution in [-0.4, -0.2) is 40.1 Å². The zero-order valence-corrected chi connectivity index (χ0v) is 13.4. The molecule has 0 aliphatic heterocycles. The van der Waals surface area contributed by atoms with E-state index in [1.165, 1.54) is 11.1 Å². The summed E-state index contributed by atoms with van der Waals surface area (Å²) in [6.07, 6.45) is 3.32. The highest BCUT2D eigenvalue weighted by atomic mass is 16.5. The van der Waals surface area contributed by atoms with Crippen molar-refractivity contribution >= 4 is 0 Å². The molecule has 0 amide bonds. The topological polar surface area (TPSA) is 39.7 Å². The number of benzene rings is 1. The molecular formula is C17H27NO3. The van der Waals surface area contributed by atoms with Gasteiger partial charge >= 0.3 is 0 Å². The normalized spacial score (nSPS) is 21.1. The third kappa shape index (κ3) is 4.19. The fraction of sp³-hybridized carbons (Fsp3) is 0.647. The predicted octanol–water partition coefficient (Wildman–Crippen LogP) is 2.71. The second kappa shape index (κ2) is 8.37. The van der Waals surface area contributed by atoms with Crippen molar-refractivity contribution in [1.29, 1.82) is 0 Å². The monoisotopic (exact) mass is 293 g/mol. The molecule has 0 spiro atoms. The Hall–Kier alpha value is -1.10. The Morgan fingerprint density at radius 2 is 2.10 bits per heavy atom. The number of rotatable bonds is 8. The molecule has 0 saturated heterocycles. The third-order valence-electron chi connectivity index (χ3n) is 3.97. The van der Waals surface area contributed by atoms with Crippen molar-refractivity contribution in [2.45, 2.75) is 38.3 Å². The van der Waals surface area contributed by atoms with E-state index in [4.69, 9.17) is 14.2 Å². The number of likely N-dealkylation sites (N-methyl/N-ethyl adjacent to an activating group) is 1. The maximum atomic E-state index is 6.03. The molecule has 2 atom stereocenters. The van der Waals surface area contributed by atoms with Crippen LogP contribution in [0.1, 0.15) is 36.9 Å². The van der Waals surface area contributed by atoms with Crippen LogP contribution in [-0.2, 0) is 15.9 Å². The maximum Gasteiger partial charge on any atom is 0.119 e. The van der Waals surface area contributed by atoms with E-state index in [1.54, 1.807) is 7.11 Å². The van der Waals surface area contributed by atoms with E-state index in [2.05, 4.69) is 24.4 Å². The Bertz CT molecular complexity index is 436. The van der Waals surface area contributed by atoms with E-state index in [0.29, 0.717) is 13.2 Å². The van der Waals surface area contributed by atoms with E-state index in [0.717, 1.165) is 31.6 Å². The molecule has 118 valence electrons. The van der Waals surface area contributed by atoms with E-state index in [1.807, 2.05) is 13.1 Å². The fourth-order valence-corrected chi connectivity index (χ4v) is 2.92. The van der Waals surface area contributed by atoms with Crippen molar-refractivity contribution in [1.82, 2.24) is 5.32 Å². The summed E-state index contributed by atoms with van der Waals surface area (Å²) in [6, 6.07) is 6.56. The molecule has 0 fully saturated rings. The predicted molar refractivity (Wildman–Crippen MR) is 84.0 cm³/mol. The van der Waals surface area contributed by atoms with Crippen LogP contribution in [0.4, 0.5) is 0 Å². The molecule has 1 aliphatic rings. The van der Waals surface area contributed by atoms with Crippen LogP contribution in [0.25, 0.3) is 0 Å². The number of methoxy groups -OCH3 is 1. The molecule has 2 unspecified atom stereocenters. The van der Waals surface area contributed by atoms with Gasteiger partial charge in [0.15, 0.2) is 0 Å². The molecule has 0 bridgehead atoms. The van der Waals surface area contributed by atoms with Gasteiger partial charge in [-0.2, -0.15) is 0 Å². The van der Waals surface area contributed by atoms with E-state index in [9.17, 15) is 0 Å². The van der Waals surface area contributed by atoms with Crippen LogP contribution >= 0.6 is 0 Å². The highest BCUT2D eigenvalue weighted by molar-refractivity contribution is 5.39. The van der Waals surface area contributed by atoms with Crippen molar-refractivity contribution in [2.24, 2.45) is 0 Å². The molecule has 21 heavy (non-hydrogen) atoms. The van der Waals surface area contributed by atoms with Gasteiger partial charge in [-0.15, -0.1) is 0 Å². The SMILES string of the molecule is CCCOCCOC1CCc2cc(OC)ccc2C1NC. The standard InChI is InChI=1S/C17H27NO3/c1-4-9-20-10-11-21-16-8-5-13-12-14(19-3)6-7-15(13)17(16)18-2/h6-7,12,16-18H,4-5,8-11H2,1-3H3. The molecule has 1 aromatic carbocycles. The molecule has 0 radical (unpaired) electrons. The smallest absolute Gasteiger partial charge is 0.119 e. The molecule has 0 saturated carbocycles. The Labute approximate surface area is 127 Å². The molecule has 0 aromatic heterocycles. The number of nitrogens with one attached hydrogen (secondary N) is 1. The highest BCUT2D eigenvalue weighted by Crippen LogP contribution is 2.33. The van der Waals surface area contributed by atoms with Gasteiger partial charge in [0.2, 0.25) is 0 Å². The van der Waals surface area contributed by atoms with Gasteiger partial charge < -0.3 is 19.5 Å². The summed E-state index contributed by atoms with van der Waals surface area (Å²) in [5, 5.41) is 3.39. The lowest BCUT2D eigenvalue weighted by Crippen LogP contribution is -2.36. The van der Waals surface area contributed by atoms with Gasteiger partial charge in [0.25, 0.3) is 0 Å². The molecule has 2 rings (SSSR count). The molecular weight excluding hydrogens is 266 g/mol. The van der Waals surface area contributed by atoms with Crippen LogP contribution in [0.15, 0.2) is 18.2 Å². The minimum absolute atomic E-state index is 0.209. The van der Waals surface area contributed by atoms with E-state index in [-0.39, 0.29) is 12.1 Å². The Kier molecular flexibility index (Phi) is 6.49. The minimum Gasteiger partial charge on any atom is -0.497 e. The summed E-state index contributed by atoms with van der Waals surface area (Å²) >= 11 is 0. The zero-order valence-electron chi connectivity index (χ0n) is 13.4. The van der Waals surface area contributed by atoms with Gasteiger partial charge in [-0.1, -0.05) is 13.0 Å². The summed E-state index contributed by atoms with van der Waals surface area (Å²) in [5.41, 5.74) is 2.68. The fourth-order valence-electron chi connectivity index (χ4n) is 2.92. The lowest BCUT2D eigenvalue weighted by molar-refractivity contribution is -0.0175. The van der Waals surface area contributed by atoms with Crippen molar-refractivity contribution in [3.63, 3.8) is 0 Å². The number of hydrogen-bond donors (Lipinski definition) is 1. The summed E-state index contributed by atoms with van der Waals surface area (Å²) in [5.74, 6) is 0.927. The van der Waals surface area contributed by atoms with E-state index >= 15 is 0 Å². The average molecular weight is 293 g/mol. The Morgan fingerprint density at radius 1 is 1.24 bits per heavy atom. The van der Waals surface area contributed by atoms with Crippen LogP contribution in [0.2, 0.25) is 0 Å². The first-order valence-electron chi connectivity index (χ1n) is 7.83. The second-order valence-corrected chi connectivity index (χ2v) is 5.39. The van der Waals surface area contributed by atoms with Crippen LogP contribution < -0.4 is 10.1 Å². The van der Waals surface area contributed by atoms with Crippen LogP contribution in [0, 0.1) is 0 Å². The minimum atomic E-state index is 0.209. The quantitative estimate of drug-likeness (QED) is 0.748. The first-order valence-corrected chi connectivity index (χ1v) is 7.83. The molecule has 0 heterocycles. The first-order chi connectivity index (χ1) is 10.3. The number of ether oxygens (including phenoxy) is 3. The second-order valence-electron chi connectivity index (χ2n) is 5.39.